The lowest BCUT2D eigenvalue weighted by Gasteiger charge is -2.10. The van der Waals surface area contributed by atoms with E-state index in [1.54, 1.807) is 10.8 Å². The summed E-state index contributed by atoms with van der Waals surface area (Å²) in [6.07, 6.45) is 3.08. The number of halogens is 1. The van der Waals surface area contributed by atoms with Gasteiger partial charge in [0.25, 0.3) is 5.78 Å². The fourth-order valence-corrected chi connectivity index (χ4v) is 1.97. The fourth-order valence-electron chi connectivity index (χ4n) is 1.42. The van der Waals surface area contributed by atoms with Crippen LogP contribution in [0.15, 0.2) is 6.33 Å². The topological polar surface area (TPSA) is 72.2 Å². The summed E-state index contributed by atoms with van der Waals surface area (Å²) in [4.78, 5) is 8.07. The average Bonchev–Trinajstić information content (AvgIpc) is 2.70. The van der Waals surface area contributed by atoms with Crippen LogP contribution in [0.5, 0.6) is 0 Å². The van der Waals surface area contributed by atoms with Crippen molar-refractivity contribution >= 4 is 34.0 Å². The molecular formula is C9H12ClN5OS. The second-order valence-corrected chi connectivity index (χ2v) is 5.46. The van der Waals surface area contributed by atoms with E-state index in [0.29, 0.717) is 23.2 Å². The molecule has 2 rings (SSSR count). The molecule has 2 aromatic rings. The minimum atomic E-state index is -0.832. The number of hydrogen-bond acceptors (Lipinski definition) is 5. The number of nitrogens with zero attached hydrogens (tertiary/aromatic N) is 4. The quantitative estimate of drug-likeness (QED) is 0.837. The molecule has 0 saturated carbocycles. The molecule has 0 radical (unpaired) electrons. The summed E-state index contributed by atoms with van der Waals surface area (Å²) in [6, 6.07) is 0. The number of hydrogen-bond donors (Lipinski definition) is 1. The molecule has 0 spiro atoms. The second-order valence-electron chi connectivity index (χ2n) is 3.55. The van der Waals surface area contributed by atoms with Crippen molar-refractivity contribution in [2.75, 3.05) is 23.9 Å². The Morgan fingerprint density at radius 1 is 1.59 bits per heavy atom. The highest BCUT2D eigenvalue weighted by atomic mass is 35.5. The monoisotopic (exact) mass is 273 g/mol. The van der Waals surface area contributed by atoms with Crippen LogP contribution >= 0.6 is 11.6 Å². The molecule has 2 heterocycles. The van der Waals surface area contributed by atoms with Gasteiger partial charge < -0.3 is 5.32 Å². The molecule has 0 aliphatic carbocycles. The van der Waals surface area contributed by atoms with Crippen LogP contribution in [0.25, 0.3) is 5.78 Å². The van der Waals surface area contributed by atoms with Crippen LogP contribution in [0.4, 0.5) is 5.82 Å². The third-order valence-electron chi connectivity index (χ3n) is 2.29. The maximum atomic E-state index is 11.0. The highest BCUT2D eigenvalue weighted by molar-refractivity contribution is 7.84. The summed E-state index contributed by atoms with van der Waals surface area (Å²) < 4.78 is 12.6. The number of anilines is 1. The van der Waals surface area contributed by atoms with Crippen molar-refractivity contribution in [2.24, 2.45) is 0 Å². The van der Waals surface area contributed by atoms with Gasteiger partial charge in [0.1, 0.15) is 17.3 Å². The first-order valence-electron chi connectivity index (χ1n) is 4.99. The maximum absolute atomic E-state index is 11.0. The van der Waals surface area contributed by atoms with Crippen LogP contribution in [-0.2, 0) is 10.8 Å². The van der Waals surface area contributed by atoms with E-state index in [1.165, 1.54) is 6.33 Å². The van der Waals surface area contributed by atoms with Gasteiger partial charge in [0.05, 0.1) is 0 Å². The lowest BCUT2D eigenvalue weighted by molar-refractivity contribution is 0.687. The van der Waals surface area contributed by atoms with Crippen LogP contribution < -0.4 is 5.32 Å². The van der Waals surface area contributed by atoms with Crippen LogP contribution in [-0.4, -0.2) is 42.3 Å². The fraction of sp³-hybridized carbons (Fsp3) is 0.444. The molecule has 0 aliphatic heterocycles. The van der Waals surface area contributed by atoms with Crippen molar-refractivity contribution in [3.05, 3.63) is 17.0 Å². The minimum Gasteiger partial charge on any atom is -0.369 e. The van der Waals surface area contributed by atoms with E-state index in [1.807, 2.05) is 6.92 Å². The van der Waals surface area contributed by atoms with E-state index in [4.69, 9.17) is 11.6 Å². The molecule has 6 nitrogen and oxygen atoms in total. The molecule has 8 heteroatoms. The predicted octanol–water partition coefficient (Wildman–Crippen LogP) is 0.877. The lowest BCUT2D eigenvalue weighted by Crippen LogP contribution is -2.14. The summed E-state index contributed by atoms with van der Waals surface area (Å²) in [5, 5.41) is 7.62. The second kappa shape index (κ2) is 4.97. The number of rotatable bonds is 4. The van der Waals surface area contributed by atoms with Crippen molar-refractivity contribution in [3.8, 4) is 0 Å². The average molecular weight is 274 g/mol. The zero-order valence-corrected chi connectivity index (χ0v) is 11.0. The van der Waals surface area contributed by atoms with Gasteiger partial charge in [0.15, 0.2) is 0 Å². The summed E-state index contributed by atoms with van der Waals surface area (Å²) >= 11 is 6.00. The van der Waals surface area contributed by atoms with Gasteiger partial charge in [-0.15, -0.1) is 0 Å². The van der Waals surface area contributed by atoms with Crippen LogP contribution in [0.2, 0.25) is 5.15 Å². The van der Waals surface area contributed by atoms with E-state index in [0.717, 1.165) is 11.4 Å². The first-order valence-corrected chi connectivity index (χ1v) is 7.10. The Morgan fingerprint density at radius 3 is 3.06 bits per heavy atom. The Morgan fingerprint density at radius 2 is 2.35 bits per heavy atom. The third kappa shape index (κ3) is 2.55. The van der Waals surface area contributed by atoms with Crippen molar-refractivity contribution in [2.45, 2.75) is 6.92 Å². The Hall–Kier alpha value is -1.21. The largest absolute Gasteiger partial charge is 0.369 e. The van der Waals surface area contributed by atoms with E-state index in [9.17, 15) is 4.21 Å². The highest BCUT2D eigenvalue weighted by Crippen LogP contribution is 2.21. The number of aromatic nitrogens is 4. The van der Waals surface area contributed by atoms with Crippen LogP contribution in [0.3, 0.4) is 0 Å². The Balaban J connectivity index is 2.33. The molecule has 17 heavy (non-hydrogen) atoms. The maximum Gasteiger partial charge on any atom is 0.255 e. The first-order chi connectivity index (χ1) is 8.09. The summed E-state index contributed by atoms with van der Waals surface area (Å²) in [5.41, 5.74) is 0.798. The van der Waals surface area contributed by atoms with Crippen LogP contribution in [0.1, 0.15) is 5.56 Å². The Bertz CT molecular complexity index is 570. The van der Waals surface area contributed by atoms with Crippen molar-refractivity contribution in [3.63, 3.8) is 0 Å². The van der Waals surface area contributed by atoms with Crippen molar-refractivity contribution < 1.29 is 4.21 Å². The molecule has 0 bridgehead atoms. The molecule has 0 fully saturated rings. The number of fused-ring (bicyclic) bond motifs is 1. The normalized spacial score (nSPS) is 12.9. The predicted molar refractivity (Wildman–Crippen MR) is 68.0 cm³/mol. The van der Waals surface area contributed by atoms with E-state index in [2.05, 4.69) is 20.4 Å². The standard InChI is InChI=1S/C9H12ClN5OS/c1-6-7(10)14-9-12-5-13-15(9)8(6)11-3-4-17(2)16/h5,11H,3-4H2,1-2H3. The first kappa shape index (κ1) is 12.3. The van der Waals surface area contributed by atoms with Crippen LogP contribution in [0, 0.1) is 6.92 Å². The molecule has 0 aromatic carbocycles. The molecule has 1 unspecified atom stereocenters. The zero-order chi connectivity index (χ0) is 12.4. The Kier molecular flexibility index (Phi) is 3.58. The number of nitrogens with one attached hydrogen (secondary N) is 1. The smallest absolute Gasteiger partial charge is 0.255 e. The molecule has 2 aromatic heterocycles. The summed E-state index contributed by atoms with van der Waals surface area (Å²) in [6.45, 7) is 2.43. The molecule has 0 aliphatic rings. The molecule has 1 N–H and O–H groups in total. The van der Waals surface area contributed by atoms with Gasteiger partial charge >= 0.3 is 0 Å². The van der Waals surface area contributed by atoms with E-state index in [-0.39, 0.29) is 0 Å². The van der Waals surface area contributed by atoms with Gasteiger partial charge in [0.2, 0.25) is 0 Å². The minimum absolute atomic E-state index is 0.394. The summed E-state index contributed by atoms with van der Waals surface area (Å²) in [5.74, 6) is 1.75. The Labute approximate surface area is 106 Å². The van der Waals surface area contributed by atoms with Crippen molar-refractivity contribution in [1.29, 1.82) is 0 Å². The van der Waals surface area contributed by atoms with Gasteiger partial charge in [-0.2, -0.15) is 19.6 Å². The van der Waals surface area contributed by atoms with Crippen molar-refractivity contribution in [1.82, 2.24) is 19.6 Å². The summed E-state index contributed by atoms with van der Waals surface area (Å²) in [7, 11) is -0.832. The molecule has 1 atom stereocenters. The lowest BCUT2D eigenvalue weighted by atomic mass is 10.3. The molecule has 92 valence electrons. The van der Waals surface area contributed by atoms with E-state index >= 15 is 0 Å². The van der Waals surface area contributed by atoms with Gasteiger partial charge in [0, 0.05) is 34.9 Å². The zero-order valence-electron chi connectivity index (χ0n) is 9.47. The highest BCUT2D eigenvalue weighted by Gasteiger charge is 2.11. The molecular weight excluding hydrogens is 262 g/mol. The molecule has 0 saturated heterocycles. The van der Waals surface area contributed by atoms with Gasteiger partial charge in [-0.05, 0) is 6.92 Å². The van der Waals surface area contributed by atoms with Gasteiger partial charge in [-0.25, -0.2) is 0 Å². The van der Waals surface area contributed by atoms with Gasteiger partial charge in [-0.1, -0.05) is 11.6 Å². The SMILES string of the molecule is Cc1c(Cl)nc2ncnn2c1NCCS(C)=O. The van der Waals surface area contributed by atoms with E-state index < -0.39 is 10.8 Å². The molecule has 0 amide bonds. The third-order valence-corrected chi connectivity index (χ3v) is 3.43. The van der Waals surface area contributed by atoms with Gasteiger partial charge in [-0.3, -0.25) is 4.21 Å².